The van der Waals surface area contributed by atoms with Gasteiger partial charge in [0.05, 0.1) is 18.3 Å². The van der Waals surface area contributed by atoms with Crippen LogP contribution in [-0.2, 0) is 6.54 Å². The molecule has 0 saturated heterocycles. The summed E-state index contributed by atoms with van der Waals surface area (Å²) in [6.45, 7) is 6.23. The van der Waals surface area contributed by atoms with Gasteiger partial charge in [-0.25, -0.2) is 4.52 Å². The Balaban J connectivity index is 1.68. The maximum Gasteiger partial charge on any atom is 0.276 e. The molecule has 2 aromatic heterocycles. The van der Waals surface area contributed by atoms with E-state index in [0.29, 0.717) is 5.52 Å². The predicted molar refractivity (Wildman–Crippen MR) is 111 cm³/mol. The lowest BCUT2D eigenvalue weighted by molar-refractivity contribution is 0.154. The second-order valence-electron chi connectivity index (χ2n) is 7.36. The Morgan fingerprint density at radius 2 is 1.68 bits per heavy atom. The Labute approximate surface area is 163 Å². The van der Waals surface area contributed by atoms with E-state index in [2.05, 4.69) is 5.10 Å². The van der Waals surface area contributed by atoms with Gasteiger partial charge in [0, 0.05) is 18.0 Å². The van der Waals surface area contributed by atoms with E-state index in [1.165, 1.54) is 5.56 Å². The molecule has 4 aromatic rings. The minimum atomic E-state index is -0.750. The van der Waals surface area contributed by atoms with Crippen LogP contribution in [0.15, 0.2) is 65.7 Å². The average molecular weight is 373 g/mol. The highest BCUT2D eigenvalue weighted by Crippen LogP contribution is 2.21. The zero-order valence-electron chi connectivity index (χ0n) is 16.3. The van der Waals surface area contributed by atoms with Crippen molar-refractivity contribution in [3.63, 3.8) is 0 Å². The summed E-state index contributed by atoms with van der Waals surface area (Å²) in [7, 11) is 0. The number of aryl methyl sites for hydroxylation is 3. The van der Waals surface area contributed by atoms with Crippen molar-refractivity contribution >= 4 is 5.52 Å². The molecule has 1 N–H and O–H groups in total. The van der Waals surface area contributed by atoms with E-state index in [4.69, 9.17) is 0 Å². The summed E-state index contributed by atoms with van der Waals surface area (Å²) in [5, 5.41) is 15.2. The van der Waals surface area contributed by atoms with Gasteiger partial charge in [-0.15, -0.1) is 0 Å². The first-order valence-corrected chi connectivity index (χ1v) is 9.33. The van der Waals surface area contributed by atoms with Gasteiger partial charge in [0.2, 0.25) is 0 Å². The lowest BCUT2D eigenvalue weighted by atomic mass is 10.0. The Bertz CT molecular complexity index is 1200. The summed E-state index contributed by atoms with van der Waals surface area (Å²) in [5.74, 6) is 0. The van der Waals surface area contributed by atoms with Gasteiger partial charge in [0.1, 0.15) is 5.52 Å². The first-order chi connectivity index (χ1) is 13.4. The van der Waals surface area contributed by atoms with Crippen molar-refractivity contribution < 1.29 is 5.11 Å². The number of hydrogen-bond donors (Lipinski definition) is 1. The van der Waals surface area contributed by atoms with Crippen LogP contribution in [0.2, 0.25) is 0 Å². The number of aliphatic hydroxyl groups excluding tert-OH is 1. The molecule has 2 heterocycles. The molecule has 1 unspecified atom stereocenters. The number of benzene rings is 2. The standard InChI is InChI=1S/C23H23N3O2/c1-15-4-7-18(8-5-15)20-13-21-23(28)25(10-11-26(21)24-20)14-22(27)19-9-6-16(2)12-17(19)3/h4-13,22,27H,14H2,1-3H3. The molecule has 0 saturated carbocycles. The molecule has 4 rings (SSSR count). The monoisotopic (exact) mass is 373 g/mol. The van der Waals surface area contributed by atoms with E-state index in [9.17, 15) is 9.90 Å². The van der Waals surface area contributed by atoms with Crippen LogP contribution in [0.4, 0.5) is 0 Å². The zero-order valence-corrected chi connectivity index (χ0v) is 16.3. The van der Waals surface area contributed by atoms with Crippen molar-refractivity contribution in [1.82, 2.24) is 14.2 Å². The molecule has 0 aliphatic rings. The number of aromatic nitrogens is 3. The molecular weight excluding hydrogens is 350 g/mol. The van der Waals surface area contributed by atoms with Crippen LogP contribution in [0.1, 0.15) is 28.4 Å². The molecule has 5 nitrogen and oxygen atoms in total. The molecule has 142 valence electrons. The lowest BCUT2D eigenvalue weighted by Gasteiger charge is -2.16. The summed E-state index contributed by atoms with van der Waals surface area (Å²) < 4.78 is 3.14. The maximum atomic E-state index is 12.9. The first kappa shape index (κ1) is 18.2. The molecule has 2 aromatic carbocycles. The molecule has 0 amide bonds. The van der Waals surface area contributed by atoms with Gasteiger partial charge in [-0.3, -0.25) is 4.79 Å². The Hall–Kier alpha value is -3.18. The third kappa shape index (κ3) is 3.37. The minimum Gasteiger partial charge on any atom is -0.387 e. The van der Waals surface area contributed by atoms with Gasteiger partial charge in [0.15, 0.2) is 0 Å². The van der Waals surface area contributed by atoms with Crippen molar-refractivity contribution in [3.05, 3.63) is 93.5 Å². The van der Waals surface area contributed by atoms with Gasteiger partial charge in [-0.05, 0) is 38.0 Å². The van der Waals surface area contributed by atoms with E-state index >= 15 is 0 Å². The van der Waals surface area contributed by atoms with E-state index in [1.807, 2.05) is 63.2 Å². The van der Waals surface area contributed by atoms with Crippen LogP contribution in [0, 0.1) is 20.8 Å². The average Bonchev–Trinajstić information content (AvgIpc) is 3.09. The van der Waals surface area contributed by atoms with Crippen molar-refractivity contribution in [2.45, 2.75) is 33.4 Å². The molecular formula is C23H23N3O2. The third-order valence-electron chi connectivity index (χ3n) is 5.10. The topological polar surface area (TPSA) is 59.5 Å². The van der Waals surface area contributed by atoms with Crippen molar-refractivity contribution in [2.75, 3.05) is 0 Å². The molecule has 0 aliphatic heterocycles. The first-order valence-electron chi connectivity index (χ1n) is 9.33. The maximum absolute atomic E-state index is 12.9. The van der Waals surface area contributed by atoms with Crippen LogP contribution in [0.5, 0.6) is 0 Å². The van der Waals surface area contributed by atoms with E-state index in [1.54, 1.807) is 27.5 Å². The molecule has 0 bridgehead atoms. The van der Waals surface area contributed by atoms with Crippen LogP contribution in [-0.4, -0.2) is 19.3 Å². The third-order valence-corrected chi connectivity index (χ3v) is 5.10. The second-order valence-corrected chi connectivity index (χ2v) is 7.36. The number of fused-ring (bicyclic) bond motifs is 1. The fourth-order valence-electron chi connectivity index (χ4n) is 3.52. The fourth-order valence-corrected chi connectivity index (χ4v) is 3.52. The van der Waals surface area contributed by atoms with Crippen LogP contribution in [0.25, 0.3) is 16.8 Å². The molecule has 0 spiro atoms. The summed E-state index contributed by atoms with van der Waals surface area (Å²) in [4.78, 5) is 12.9. The van der Waals surface area contributed by atoms with E-state index < -0.39 is 6.10 Å². The van der Waals surface area contributed by atoms with Gasteiger partial charge in [-0.2, -0.15) is 5.10 Å². The van der Waals surface area contributed by atoms with Crippen molar-refractivity contribution in [2.24, 2.45) is 0 Å². The number of hydrogen-bond acceptors (Lipinski definition) is 3. The molecule has 28 heavy (non-hydrogen) atoms. The number of rotatable bonds is 4. The molecule has 0 radical (unpaired) electrons. The summed E-state index contributed by atoms with van der Waals surface area (Å²) in [5.41, 5.74) is 6.23. The Kier molecular flexibility index (Phi) is 4.61. The zero-order chi connectivity index (χ0) is 19.8. The van der Waals surface area contributed by atoms with Crippen molar-refractivity contribution in [3.8, 4) is 11.3 Å². The smallest absolute Gasteiger partial charge is 0.276 e. The van der Waals surface area contributed by atoms with Gasteiger partial charge in [-0.1, -0.05) is 53.6 Å². The SMILES string of the molecule is Cc1ccc(-c2cc3c(=O)n(CC(O)c4ccc(C)cc4C)ccn3n2)cc1. The summed E-state index contributed by atoms with van der Waals surface area (Å²) in [6.07, 6.45) is 2.68. The minimum absolute atomic E-state index is 0.169. The molecule has 5 heteroatoms. The van der Waals surface area contributed by atoms with Crippen molar-refractivity contribution in [1.29, 1.82) is 0 Å². The van der Waals surface area contributed by atoms with E-state index in [0.717, 1.165) is 27.9 Å². The number of aliphatic hydroxyl groups is 1. The van der Waals surface area contributed by atoms with E-state index in [-0.39, 0.29) is 12.1 Å². The highest BCUT2D eigenvalue weighted by molar-refractivity contribution is 5.65. The Morgan fingerprint density at radius 1 is 0.964 bits per heavy atom. The van der Waals surface area contributed by atoms with Gasteiger partial charge < -0.3 is 9.67 Å². The molecule has 0 aliphatic carbocycles. The quantitative estimate of drug-likeness (QED) is 0.592. The normalized spacial score (nSPS) is 12.4. The second kappa shape index (κ2) is 7.09. The molecule has 0 fully saturated rings. The molecule has 1 atom stereocenters. The summed E-state index contributed by atoms with van der Waals surface area (Å²) >= 11 is 0. The lowest BCUT2D eigenvalue weighted by Crippen LogP contribution is -2.24. The van der Waals surface area contributed by atoms with Crippen LogP contribution >= 0.6 is 0 Å². The van der Waals surface area contributed by atoms with Crippen LogP contribution in [0.3, 0.4) is 0 Å². The fraction of sp³-hybridized carbons (Fsp3) is 0.217. The highest BCUT2D eigenvalue weighted by Gasteiger charge is 2.14. The summed E-state index contributed by atoms with van der Waals surface area (Å²) in [6, 6.07) is 15.8. The Morgan fingerprint density at radius 3 is 2.39 bits per heavy atom. The largest absolute Gasteiger partial charge is 0.387 e. The number of nitrogens with zero attached hydrogens (tertiary/aromatic N) is 3. The van der Waals surface area contributed by atoms with Gasteiger partial charge in [0.25, 0.3) is 5.56 Å². The predicted octanol–water partition coefficient (Wildman–Crippen LogP) is 3.82. The van der Waals surface area contributed by atoms with Gasteiger partial charge >= 0.3 is 0 Å². The highest BCUT2D eigenvalue weighted by atomic mass is 16.3. The van der Waals surface area contributed by atoms with Crippen LogP contribution < -0.4 is 5.56 Å².